The molecule has 0 saturated heterocycles. The summed E-state index contributed by atoms with van der Waals surface area (Å²) in [4.78, 5) is 13.0. The summed E-state index contributed by atoms with van der Waals surface area (Å²) in [5.41, 5.74) is 0. The second-order valence-corrected chi connectivity index (χ2v) is 21.4. The molecule has 26 heavy (non-hydrogen) atoms. The van der Waals surface area contributed by atoms with Crippen molar-refractivity contribution in [2.45, 2.75) is 125 Å². The van der Waals surface area contributed by atoms with Crippen LogP contribution in [0.1, 0.15) is 112 Å². The Labute approximate surface area is 169 Å². The number of ketones is 1. The second-order valence-electron chi connectivity index (χ2n) is 8.20. The van der Waals surface area contributed by atoms with E-state index in [1.807, 2.05) is 0 Å². The van der Waals surface area contributed by atoms with Crippen molar-refractivity contribution < 1.29 is 4.79 Å². The van der Waals surface area contributed by atoms with Crippen LogP contribution in [0.3, 0.4) is 0 Å². The van der Waals surface area contributed by atoms with Crippen molar-refractivity contribution in [1.82, 2.24) is 0 Å². The Morgan fingerprint density at radius 3 is 1.62 bits per heavy atom. The fraction of sp³-hybridized carbons (Fsp3) is 0.875. The number of carbonyl (C=O) groups is 1. The summed E-state index contributed by atoms with van der Waals surface area (Å²) < 4.78 is 6.21. The SMILES string of the molecule is CCC/C=[C](\C(CCC)C(=O)CC)[Sn]([CH2]CCC)([CH2]CCC)[CH2]CCC. The van der Waals surface area contributed by atoms with E-state index in [0.717, 1.165) is 12.8 Å². The first-order valence-corrected chi connectivity index (χ1v) is 19.3. The van der Waals surface area contributed by atoms with E-state index in [2.05, 4.69) is 47.6 Å². The molecule has 1 nitrogen and oxygen atoms in total. The number of hydrogen-bond acceptors (Lipinski definition) is 1. The van der Waals surface area contributed by atoms with Crippen LogP contribution in [-0.4, -0.2) is 24.2 Å². The van der Waals surface area contributed by atoms with Crippen LogP contribution < -0.4 is 0 Å². The van der Waals surface area contributed by atoms with Gasteiger partial charge in [0.05, 0.1) is 0 Å². The standard InChI is InChI=1S/C12H21O.3C4H9.Sn/c1-4-7-8-10-11(9-5-2)12(13)6-3;3*1-3-4-2;/h8,11H,4-7,9H2,1-3H3;3*1,3-4H2,2H3;. The van der Waals surface area contributed by atoms with Crippen molar-refractivity contribution in [3.05, 3.63) is 9.67 Å². The van der Waals surface area contributed by atoms with Crippen molar-refractivity contribution >= 4 is 24.2 Å². The normalized spacial score (nSPS) is 13.8. The van der Waals surface area contributed by atoms with Gasteiger partial charge in [0.25, 0.3) is 0 Å². The van der Waals surface area contributed by atoms with E-state index in [0.29, 0.717) is 12.2 Å². The summed E-state index contributed by atoms with van der Waals surface area (Å²) in [6.45, 7) is 13.6. The monoisotopic (exact) mass is 472 g/mol. The minimum absolute atomic E-state index is 0.262. The Morgan fingerprint density at radius 2 is 1.27 bits per heavy atom. The van der Waals surface area contributed by atoms with Gasteiger partial charge in [-0.15, -0.1) is 0 Å². The van der Waals surface area contributed by atoms with Gasteiger partial charge in [0.2, 0.25) is 0 Å². The third-order valence-electron chi connectivity index (χ3n) is 5.98. The van der Waals surface area contributed by atoms with Gasteiger partial charge >= 0.3 is 170 Å². The summed E-state index contributed by atoms with van der Waals surface area (Å²) in [6.07, 6.45) is 16.0. The molecule has 2 heteroatoms. The molecule has 0 N–H and O–H groups in total. The van der Waals surface area contributed by atoms with Crippen molar-refractivity contribution in [1.29, 1.82) is 0 Å². The van der Waals surface area contributed by atoms with Crippen LogP contribution in [0.25, 0.3) is 0 Å². The Balaban J connectivity index is 6.09. The Bertz CT molecular complexity index is 364. The molecule has 0 aliphatic carbocycles. The molecule has 0 aliphatic heterocycles. The van der Waals surface area contributed by atoms with Crippen LogP contribution in [-0.2, 0) is 4.79 Å². The number of hydrogen-bond donors (Lipinski definition) is 0. The number of rotatable bonds is 17. The first-order chi connectivity index (χ1) is 12.6. The summed E-state index contributed by atoms with van der Waals surface area (Å²) in [5, 5.41) is 0. The van der Waals surface area contributed by atoms with Crippen LogP contribution in [0.15, 0.2) is 9.67 Å². The molecule has 0 bridgehead atoms. The molecule has 0 spiro atoms. The molecule has 154 valence electrons. The van der Waals surface area contributed by atoms with Crippen LogP contribution in [0.5, 0.6) is 0 Å². The van der Waals surface area contributed by atoms with E-state index < -0.39 is 18.4 Å². The van der Waals surface area contributed by atoms with Gasteiger partial charge < -0.3 is 0 Å². The molecule has 1 unspecified atom stereocenters. The molecule has 0 fully saturated rings. The van der Waals surface area contributed by atoms with Crippen molar-refractivity contribution in [2.24, 2.45) is 5.92 Å². The van der Waals surface area contributed by atoms with Crippen LogP contribution in [0.4, 0.5) is 0 Å². The summed E-state index contributed by atoms with van der Waals surface area (Å²) in [6, 6.07) is 0. The number of Topliss-reactive ketones (excluding diaryl/α,β-unsaturated/α-hetero) is 1. The van der Waals surface area contributed by atoms with Gasteiger partial charge in [0, 0.05) is 0 Å². The molecular formula is C24H48OSn. The van der Waals surface area contributed by atoms with Gasteiger partial charge in [-0.1, -0.05) is 0 Å². The number of carbonyl (C=O) groups excluding carboxylic acids is 1. The van der Waals surface area contributed by atoms with Gasteiger partial charge in [0.15, 0.2) is 0 Å². The molecule has 0 aliphatic rings. The predicted octanol–water partition coefficient (Wildman–Crippen LogP) is 8.50. The third-order valence-corrected chi connectivity index (χ3v) is 22.3. The van der Waals surface area contributed by atoms with Gasteiger partial charge in [-0.25, -0.2) is 0 Å². The molecule has 0 amide bonds. The first kappa shape index (κ1) is 26.2. The van der Waals surface area contributed by atoms with Gasteiger partial charge in [-0.2, -0.15) is 0 Å². The maximum absolute atomic E-state index is 13.0. The summed E-state index contributed by atoms with van der Waals surface area (Å²) in [7, 11) is 0. The molecule has 0 aromatic carbocycles. The molecule has 0 saturated carbocycles. The molecule has 0 radical (unpaired) electrons. The average Bonchev–Trinajstić information content (AvgIpc) is 2.67. The van der Waals surface area contributed by atoms with Gasteiger partial charge in [-0.05, 0) is 0 Å². The van der Waals surface area contributed by atoms with E-state index >= 15 is 0 Å². The van der Waals surface area contributed by atoms with E-state index in [1.54, 1.807) is 3.59 Å². The zero-order valence-electron chi connectivity index (χ0n) is 19.0. The summed E-state index contributed by atoms with van der Waals surface area (Å²) >= 11 is -2.50. The fourth-order valence-corrected chi connectivity index (χ4v) is 22.5. The summed E-state index contributed by atoms with van der Waals surface area (Å²) in [5.74, 6) is 0.790. The number of unbranched alkanes of at least 4 members (excludes halogenated alkanes) is 4. The maximum atomic E-state index is 13.0. The fourth-order valence-electron chi connectivity index (χ4n) is 4.41. The Hall–Kier alpha value is 0.209. The quantitative estimate of drug-likeness (QED) is 0.194. The topological polar surface area (TPSA) is 17.1 Å². The third kappa shape index (κ3) is 8.93. The Morgan fingerprint density at radius 1 is 0.769 bits per heavy atom. The van der Waals surface area contributed by atoms with Gasteiger partial charge in [0.1, 0.15) is 0 Å². The molecule has 0 aromatic heterocycles. The first-order valence-electron chi connectivity index (χ1n) is 11.8. The molecule has 0 heterocycles. The Kier molecular flexibility index (Phi) is 16.3. The molecule has 0 aromatic rings. The zero-order valence-corrected chi connectivity index (χ0v) is 21.8. The van der Waals surface area contributed by atoms with Gasteiger partial charge in [-0.3, -0.25) is 0 Å². The predicted molar refractivity (Wildman–Crippen MR) is 122 cm³/mol. The second kappa shape index (κ2) is 16.2. The van der Waals surface area contributed by atoms with Crippen molar-refractivity contribution in [3.8, 4) is 0 Å². The molecule has 1 atom stereocenters. The van der Waals surface area contributed by atoms with E-state index in [-0.39, 0.29) is 5.92 Å². The van der Waals surface area contributed by atoms with Crippen LogP contribution in [0.2, 0.25) is 13.3 Å². The van der Waals surface area contributed by atoms with Crippen molar-refractivity contribution in [2.75, 3.05) is 0 Å². The molecular weight excluding hydrogens is 423 g/mol. The molecule has 0 rings (SSSR count). The number of allylic oxidation sites excluding steroid dienone is 2. The van der Waals surface area contributed by atoms with Crippen molar-refractivity contribution in [3.63, 3.8) is 0 Å². The zero-order chi connectivity index (χ0) is 19.8. The van der Waals surface area contributed by atoms with E-state index in [1.165, 1.54) is 64.7 Å². The van der Waals surface area contributed by atoms with E-state index in [9.17, 15) is 4.79 Å². The van der Waals surface area contributed by atoms with E-state index in [4.69, 9.17) is 0 Å². The van der Waals surface area contributed by atoms with Crippen LogP contribution in [0, 0.1) is 5.92 Å². The average molecular weight is 471 g/mol. The minimum atomic E-state index is -2.50. The van der Waals surface area contributed by atoms with Crippen LogP contribution >= 0.6 is 0 Å².